The minimum Gasteiger partial charge on any atom is -0.367 e. The number of rotatable bonds is 2. The van der Waals surface area contributed by atoms with Crippen LogP contribution in [-0.2, 0) is 0 Å². The fourth-order valence-corrected chi connectivity index (χ4v) is 0.285. The molecule has 0 fully saturated rings. The van der Waals surface area contributed by atoms with E-state index in [0.717, 1.165) is 11.7 Å². The Morgan fingerprint density at radius 1 is 1.71 bits per heavy atom. The molecule has 0 heterocycles. The summed E-state index contributed by atoms with van der Waals surface area (Å²) in [5.74, 6) is 0. The van der Waals surface area contributed by atoms with Gasteiger partial charge in [-0.25, -0.2) is 0 Å². The van der Waals surface area contributed by atoms with E-state index in [0.29, 0.717) is 0 Å². The molecule has 2 nitrogen and oxygen atoms in total. The summed E-state index contributed by atoms with van der Waals surface area (Å²) in [6.07, 6.45) is 0. The second-order valence-corrected chi connectivity index (χ2v) is 1.88. The molecule has 0 aliphatic heterocycles. The Hall–Kier alpha value is -0.150. The molecular formula is C4H10N2S. The van der Waals surface area contributed by atoms with Crippen LogP contribution in [0.4, 0.5) is 0 Å². The van der Waals surface area contributed by atoms with E-state index < -0.39 is 0 Å². The highest BCUT2D eigenvalue weighted by Crippen LogP contribution is 1.60. The maximum absolute atomic E-state index is 4.71. The number of thiocarbonyl (C=S) groups is 1. The second kappa shape index (κ2) is 4.02. The summed E-state index contributed by atoms with van der Waals surface area (Å²) in [5.41, 5.74) is 0. The van der Waals surface area contributed by atoms with E-state index in [9.17, 15) is 0 Å². The molecule has 0 unspecified atom stereocenters. The van der Waals surface area contributed by atoms with E-state index in [4.69, 9.17) is 12.2 Å². The molecule has 0 aromatic heterocycles. The van der Waals surface area contributed by atoms with Crippen molar-refractivity contribution in [1.82, 2.24) is 10.6 Å². The van der Waals surface area contributed by atoms with Gasteiger partial charge in [-0.1, -0.05) is 12.2 Å². The molecule has 0 spiro atoms. The summed E-state index contributed by atoms with van der Waals surface area (Å²) in [5, 5.41) is 5.82. The van der Waals surface area contributed by atoms with Crippen molar-refractivity contribution in [2.45, 2.75) is 6.92 Å². The summed E-state index contributed by atoms with van der Waals surface area (Å²) < 4.78 is 0. The lowest BCUT2D eigenvalue weighted by molar-refractivity contribution is 0.765. The van der Waals surface area contributed by atoms with Crippen LogP contribution in [0.5, 0.6) is 0 Å². The Kier molecular flexibility index (Phi) is 3.93. The van der Waals surface area contributed by atoms with Crippen LogP contribution in [0.25, 0.3) is 0 Å². The van der Waals surface area contributed by atoms with Crippen molar-refractivity contribution in [1.29, 1.82) is 0 Å². The predicted octanol–water partition coefficient (Wildman–Crippen LogP) is 0.100. The van der Waals surface area contributed by atoms with Crippen molar-refractivity contribution in [3.05, 3.63) is 0 Å². The average Bonchev–Trinajstić information content (AvgIpc) is 1.61. The van der Waals surface area contributed by atoms with Crippen molar-refractivity contribution in [3.63, 3.8) is 0 Å². The van der Waals surface area contributed by atoms with E-state index >= 15 is 0 Å². The Balaban J connectivity index is 2.82. The molecule has 0 atom stereocenters. The number of hydrogen-bond acceptors (Lipinski definition) is 2. The van der Waals surface area contributed by atoms with E-state index in [2.05, 4.69) is 10.6 Å². The molecule has 0 aromatic rings. The molecule has 0 aliphatic rings. The zero-order valence-electron chi connectivity index (χ0n) is 4.62. The Bertz CT molecular complexity index is 62.7. The fraction of sp³-hybridized carbons (Fsp3) is 0.750. The monoisotopic (exact) mass is 118 g/mol. The number of hydrogen-bond donors (Lipinski definition) is 2. The molecule has 0 rings (SSSR count). The minimum atomic E-state index is 0.759. The maximum atomic E-state index is 4.71. The molecule has 0 amide bonds. The molecule has 3 heteroatoms. The molecule has 0 saturated carbocycles. The zero-order valence-corrected chi connectivity index (χ0v) is 5.43. The summed E-state index contributed by atoms with van der Waals surface area (Å²) in [6.45, 7) is 2.61. The van der Waals surface area contributed by atoms with Crippen molar-refractivity contribution in [2.24, 2.45) is 0 Å². The van der Waals surface area contributed by atoms with Gasteiger partial charge in [-0.15, -0.1) is 0 Å². The lowest BCUT2D eigenvalue weighted by Crippen LogP contribution is -2.28. The normalized spacial score (nSPS) is 8.29. The minimum absolute atomic E-state index is 0.759. The third-order valence-corrected chi connectivity index (χ3v) is 0.658. The lowest BCUT2D eigenvalue weighted by Gasteiger charge is -1.98. The summed E-state index contributed by atoms with van der Waals surface area (Å²) >= 11 is 4.71. The van der Waals surface area contributed by atoms with Gasteiger partial charge in [0.25, 0.3) is 0 Å². The highest BCUT2D eigenvalue weighted by atomic mass is 32.1. The van der Waals surface area contributed by atoms with Gasteiger partial charge in [0.1, 0.15) is 0 Å². The van der Waals surface area contributed by atoms with E-state index in [-0.39, 0.29) is 0 Å². The maximum Gasteiger partial charge on any atom is 0.0731 e. The van der Waals surface area contributed by atoms with Crippen molar-refractivity contribution >= 4 is 17.2 Å². The summed E-state index contributed by atoms with van der Waals surface area (Å²) in [4.78, 5) is 0.828. The second-order valence-electron chi connectivity index (χ2n) is 1.26. The molecule has 7 heavy (non-hydrogen) atoms. The Morgan fingerprint density at radius 3 is 2.43 bits per heavy atom. The first-order valence-corrected chi connectivity index (χ1v) is 2.57. The van der Waals surface area contributed by atoms with Crippen molar-refractivity contribution in [2.75, 3.05) is 13.7 Å². The standard InChI is InChI=1S/C4H10N2S/c1-4(7)6-3-5-2/h5H,3H2,1-2H3,(H,6,7). The predicted molar refractivity (Wildman–Crippen MR) is 35.3 cm³/mol. The molecule has 0 aliphatic carbocycles. The highest BCUT2D eigenvalue weighted by molar-refractivity contribution is 7.80. The van der Waals surface area contributed by atoms with Gasteiger partial charge in [-0.05, 0) is 14.0 Å². The third kappa shape index (κ3) is 5.85. The molecule has 0 bridgehead atoms. The van der Waals surface area contributed by atoms with Crippen LogP contribution in [0.2, 0.25) is 0 Å². The largest absolute Gasteiger partial charge is 0.367 e. The summed E-state index contributed by atoms with van der Waals surface area (Å²) in [6, 6.07) is 0. The van der Waals surface area contributed by atoms with Crippen LogP contribution in [0.15, 0.2) is 0 Å². The van der Waals surface area contributed by atoms with Crippen molar-refractivity contribution < 1.29 is 0 Å². The first kappa shape index (κ1) is 6.85. The topological polar surface area (TPSA) is 24.1 Å². The Morgan fingerprint density at radius 2 is 2.29 bits per heavy atom. The number of nitrogens with one attached hydrogen (secondary N) is 2. The van der Waals surface area contributed by atoms with Crippen LogP contribution >= 0.6 is 12.2 Å². The first-order valence-electron chi connectivity index (χ1n) is 2.16. The van der Waals surface area contributed by atoms with Gasteiger partial charge in [0.05, 0.1) is 11.7 Å². The third-order valence-electron chi connectivity index (χ3n) is 0.514. The SMILES string of the molecule is CNCNC(C)=S. The molecule has 0 saturated heterocycles. The van der Waals surface area contributed by atoms with Gasteiger partial charge >= 0.3 is 0 Å². The van der Waals surface area contributed by atoms with Crippen LogP contribution in [0.1, 0.15) is 6.92 Å². The quantitative estimate of drug-likeness (QED) is 0.397. The zero-order chi connectivity index (χ0) is 5.70. The fourth-order valence-electron chi connectivity index (χ4n) is 0.213. The van der Waals surface area contributed by atoms with Gasteiger partial charge < -0.3 is 10.6 Å². The Labute approximate surface area is 49.3 Å². The van der Waals surface area contributed by atoms with E-state index in [1.807, 2.05) is 14.0 Å². The molecule has 2 N–H and O–H groups in total. The smallest absolute Gasteiger partial charge is 0.0731 e. The van der Waals surface area contributed by atoms with Crippen LogP contribution < -0.4 is 10.6 Å². The van der Waals surface area contributed by atoms with E-state index in [1.54, 1.807) is 0 Å². The van der Waals surface area contributed by atoms with Gasteiger partial charge in [-0.3, -0.25) is 0 Å². The van der Waals surface area contributed by atoms with Crippen LogP contribution in [-0.4, -0.2) is 18.7 Å². The summed E-state index contributed by atoms with van der Waals surface area (Å²) in [7, 11) is 1.87. The average molecular weight is 118 g/mol. The van der Waals surface area contributed by atoms with Gasteiger partial charge in [0.15, 0.2) is 0 Å². The van der Waals surface area contributed by atoms with Gasteiger partial charge in [0.2, 0.25) is 0 Å². The lowest BCUT2D eigenvalue weighted by atomic mass is 10.7. The first-order chi connectivity index (χ1) is 3.27. The molecule has 0 radical (unpaired) electrons. The van der Waals surface area contributed by atoms with Crippen molar-refractivity contribution in [3.8, 4) is 0 Å². The van der Waals surface area contributed by atoms with E-state index in [1.165, 1.54) is 0 Å². The van der Waals surface area contributed by atoms with Crippen LogP contribution in [0, 0.1) is 0 Å². The van der Waals surface area contributed by atoms with Crippen LogP contribution in [0.3, 0.4) is 0 Å². The highest BCUT2D eigenvalue weighted by Gasteiger charge is 1.77. The molecule has 0 aromatic carbocycles. The van der Waals surface area contributed by atoms with Gasteiger partial charge in [0, 0.05) is 0 Å². The van der Waals surface area contributed by atoms with Gasteiger partial charge in [-0.2, -0.15) is 0 Å². The molecular weight excluding hydrogens is 108 g/mol. The molecule has 42 valence electrons.